The van der Waals surface area contributed by atoms with Gasteiger partial charge in [-0.05, 0) is 49.9 Å². The number of ether oxygens (including phenoxy) is 1. The van der Waals surface area contributed by atoms with Crippen LogP contribution in [0.4, 0.5) is 0 Å². The topological polar surface area (TPSA) is 41.6 Å². The van der Waals surface area contributed by atoms with E-state index in [1.807, 2.05) is 13.0 Å². The van der Waals surface area contributed by atoms with Gasteiger partial charge >= 0.3 is 5.97 Å². The summed E-state index contributed by atoms with van der Waals surface area (Å²) in [4.78, 5) is 14.8. The number of carbonyl (C=O) groups is 1. The molecule has 1 fully saturated rings. The lowest BCUT2D eigenvalue weighted by Crippen LogP contribution is -2.43. The largest absolute Gasteiger partial charge is 0.465 e. The van der Waals surface area contributed by atoms with Gasteiger partial charge in [-0.3, -0.25) is 9.69 Å². The molecule has 2 aliphatic heterocycles. The summed E-state index contributed by atoms with van der Waals surface area (Å²) in [5.74, 6) is 0.477. The Labute approximate surface area is 132 Å². The van der Waals surface area contributed by atoms with Crippen LogP contribution in [-0.4, -0.2) is 43.7 Å². The van der Waals surface area contributed by atoms with Crippen molar-refractivity contribution in [3.63, 3.8) is 0 Å². The number of piperidine rings is 1. The van der Waals surface area contributed by atoms with Crippen LogP contribution in [0, 0.1) is 5.92 Å². The van der Waals surface area contributed by atoms with E-state index in [0.29, 0.717) is 12.5 Å². The number of fused-ring (bicyclic) bond motifs is 1. The zero-order chi connectivity index (χ0) is 15.4. The van der Waals surface area contributed by atoms with E-state index >= 15 is 0 Å². The molecule has 2 heterocycles. The van der Waals surface area contributed by atoms with E-state index in [1.165, 1.54) is 18.4 Å². The van der Waals surface area contributed by atoms with Crippen LogP contribution in [0.3, 0.4) is 0 Å². The first-order valence-electron chi connectivity index (χ1n) is 8.45. The number of hydrogen-bond acceptors (Lipinski definition) is 4. The van der Waals surface area contributed by atoms with Crippen molar-refractivity contribution >= 4 is 5.97 Å². The molecule has 2 atom stereocenters. The fourth-order valence-electron chi connectivity index (χ4n) is 3.71. The Morgan fingerprint density at radius 1 is 1.41 bits per heavy atom. The van der Waals surface area contributed by atoms with Crippen molar-refractivity contribution in [3.8, 4) is 0 Å². The third-order valence-electron chi connectivity index (χ3n) is 4.75. The normalized spacial score (nSPS) is 25.5. The van der Waals surface area contributed by atoms with Gasteiger partial charge in [0.15, 0.2) is 0 Å². The third kappa shape index (κ3) is 3.50. The summed E-state index contributed by atoms with van der Waals surface area (Å²) in [5.41, 5.74) is 2.43. The summed E-state index contributed by atoms with van der Waals surface area (Å²) in [6.07, 6.45) is 2.55. The lowest BCUT2D eigenvalue weighted by atomic mass is 9.88. The smallest absolute Gasteiger partial charge is 0.314 e. The molecule has 0 saturated carbocycles. The molecule has 0 radical (unpaired) electrons. The van der Waals surface area contributed by atoms with E-state index in [-0.39, 0.29) is 11.9 Å². The molecule has 0 aliphatic carbocycles. The molecule has 22 heavy (non-hydrogen) atoms. The SMILES string of the molecule is CCOC(=O)C1CN(CC2CCCNC2)Cc2ccccc21. The highest BCUT2D eigenvalue weighted by Gasteiger charge is 2.32. The molecule has 4 nitrogen and oxygen atoms in total. The Hall–Kier alpha value is -1.39. The molecule has 0 bridgehead atoms. The van der Waals surface area contributed by atoms with Crippen molar-refractivity contribution in [3.05, 3.63) is 35.4 Å². The number of hydrogen-bond donors (Lipinski definition) is 1. The van der Waals surface area contributed by atoms with E-state index in [4.69, 9.17) is 4.74 Å². The molecule has 4 heteroatoms. The molecule has 2 aliphatic rings. The fourth-order valence-corrected chi connectivity index (χ4v) is 3.71. The van der Waals surface area contributed by atoms with E-state index in [2.05, 4.69) is 28.4 Å². The van der Waals surface area contributed by atoms with Crippen molar-refractivity contribution in [1.82, 2.24) is 10.2 Å². The van der Waals surface area contributed by atoms with Crippen molar-refractivity contribution < 1.29 is 9.53 Å². The molecular formula is C18H26N2O2. The minimum absolute atomic E-state index is 0.0820. The molecule has 1 aromatic rings. The maximum absolute atomic E-state index is 12.3. The van der Waals surface area contributed by atoms with Crippen LogP contribution in [0.1, 0.15) is 36.8 Å². The van der Waals surface area contributed by atoms with Crippen LogP contribution in [0.2, 0.25) is 0 Å². The van der Waals surface area contributed by atoms with Gasteiger partial charge in [-0.2, -0.15) is 0 Å². The van der Waals surface area contributed by atoms with Crippen LogP contribution in [0.25, 0.3) is 0 Å². The molecule has 0 amide bonds. The van der Waals surface area contributed by atoms with E-state index in [0.717, 1.165) is 38.3 Å². The first-order chi connectivity index (χ1) is 10.8. The number of nitrogens with one attached hydrogen (secondary N) is 1. The minimum Gasteiger partial charge on any atom is -0.465 e. The van der Waals surface area contributed by atoms with Crippen molar-refractivity contribution in [1.29, 1.82) is 0 Å². The summed E-state index contributed by atoms with van der Waals surface area (Å²) < 4.78 is 5.30. The summed E-state index contributed by atoms with van der Waals surface area (Å²) in [7, 11) is 0. The van der Waals surface area contributed by atoms with Crippen molar-refractivity contribution in [2.45, 2.75) is 32.2 Å². The van der Waals surface area contributed by atoms with E-state index < -0.39 is 0 Å². The van der Waals surface area contributed by atoms with E-state index in [9.17, 15) is 4.79 Å². The summed E-state index contributed by atoms with van der Waals surface area (Å²) in [6.45, 7) is 7.36. The number of carbonyl (C=O) groups excluding carboxylic acids is 1. The Bertz CT molecular complexity index is 512. The van der Waals surface area contributed by atoms with Gasteiger partial charge in [0, 0.05) is 19.6 Å². The van der Waals surface area contributed by atoms with Gasteiger partial charge in [-0.15, -0.1) is 0 Å². The Morgan fingerprint density at radius 3 is 3.05 bits per heavy atom. The second kappa shape index (κ2) is 7.25. The molecule has 0 spiro atoms. The average molecular weight is 302 g/mol. The van der Waals surface area contributed by atoms with Gasteiger partial charge in [0.1, 0.15) is 0 Å². The van der Waals surface area contributed by atoms with Crippen LogP contribution < -0.4 is 5.32 Å². The van der Waals surface area contributed by atoms with Gasteiger partial charge in [0.2, 0.25) is 0 Å². The second-order valence-corrected chi connectivity index (χ2v) is 6.41. The summed E-state index contributed by atoms with van der Waals surface area (Å²) in [5, 5.41) is 3.48. The molecule has 3 rings (SSSR count). The van der Waals surface area contributed by atoms with Crippen LogP contribution in [-0.2, 0) is 16.1 Å². The molecule has 0 aromatic heterocycles. The number of esters is 1. The van der Waals surface area contributed by atoms with Crippen molar-refractivity contribution in [2.75, 3.05) is 32.8 Å². The number of nitrogens with zero attached hydrogens (tertiary/aromatic N) is 1. The predicted molar refractivity (Wildman–Crippen MR) is 86.7 cm³/mol. The van der Waals surface area contributed by atoms with Crippen LogP contribution in [0.15, 0.2) is 24.3 Å². The molecular weight excluding hydrogens is 276 g/mol. The van der Waals surface area contributed by atoms with Gasteiger partial charge in [-0.25, -0.2) is 0 Å². The highest BCUT2D eigenvalue weighted by molar-refractivity contribution is 5.79. The monoisotopic (exact) mass is 302 g/mol. The van der Waals surface area contributed by atoms with Gasteiger partial charge in [-0.1, -0.05) is 24.3 Å². The Morgan fingerprint density at radius 2 is 2.27 bits per heavy atom. The summed E-state index contributed by atoms with van der Waals surface area (Å²) >= 11 is 0. The molecule has 120 valence electrons. The van der Waals surface area contributed by atoms with Crippen LogP contribution in [0.5, 0.6) is 0 Å². The average Bonchev–Trinajstić information content (AvgIpc) is 2.55. The Balaban J connectivity index is 1.74. The molecule has 1 aromatic carbocycles. The zero-order valence-electron chi connectivity index (χ0n) is 13.4. The van der Waals surface area contributed by atoms with E-state index in [1.54, 1.807) is 0 Å². The lowest BCUT2D eigenvalue weighted by molar-refractivity contribution is -0.145. The predicted octanol–water partition coefficient (Wildman–Crippen LogP) is 2.15. The first kappa shape index (κ1) is 15.5. The lowest BCUT2D eigenvalue weighted by Gasteiger charge is -2.36. The minimum atomic E-state index is -0.138. The van der Waals surface area contributed by atoms with Gasteiger partial charge < -0.3 is 10.1 Å². The van der Waals surface area contributed by atoms with Gasteiger partial charge in [0.25, 0.3) is 0 Å². The maximum atomic E-state index is 12.3. The summed E-state index contributed by atoms with van der Waals surface area (Å²) in [6, 6.07) is 8.31. The standard InChI is InChI=1S/C18H26N2O2/c1-2-22-18(21)17-13-20(11-14-6-5-9-19-10-14)12-15-7-3-4-8-16(15)17/h3-4,7-8,14,17,19H,2,5-6,9-13H2,1H3. The maximum Gasteiger partial charge on any atom is 0.314 e. The number of rotatable bonds is 4. The fraction of sp³-hybridized carbons (Fsp3) is 0.611. The van der Waals surface area contributed by atoms with Gasteiger partial charge in [0.05, 0.1) is 12.5 Å². The highest BCUT2D eigenvalue weighted by Crippen LogP contribution is 2.30. The molecule has 2 unspecified atom stereocenters. The van der Waals surface area contributed by atoms with Crippen molar-refractivity contribution in [2.24, 2.45) is 5.92 Å². The second-order valence-electron chi connectivity index (χ2n) is 6.41. The first-order valence-corrected chi connectivity index (χ1v) is 8.45. The zero-order valence-corrected chi connectivity index (χ0v) is 13.4. The highest BCUT2D eigenvalue weighted by atomic mass is 16.5. The third-order valence-corrected chi connectivity index (χ3v) is 4.75. The number of benzene rings is 1. The molecule has 1 saturated heterocycles. The Kier molecular flexibility index (Phi) is 5.11. The molecule has 1 N–H and O–H groups in total. The quantitative estimate of drug-likeness (QED) is 0.865. The van der Waals surface area contributed by atoms with Crippen LogP contribution >= 0.6 is 0 Å².